The molecular formula is C25H31FN4O3. The number of hydrogen-bond donors (Lipinski definition) is 2. The second-order valence-corrected chi connectivity index (χ2v) is 9.08. The number of carbonyl (C=O) groups is 1. The Hall–Kier alpha value is -3.00. The number of nitrogens with zero attached hydrogens (tertiary/aromatic N) is 2. The second kappa shape index (κ2) is 9.87. The molecule has 176 valence electrons. The molecule has 1 heterocycles. The molecule has 7 nitrogen and oxygen atoms in total. The van der Waals surface area contributed by atoms with Gasteiger partial charge in [-0.25, -0.2) is 9.37 Å². The summed E-state index contributed by atoms with van der Waals surface area (Å²) >= 11 is 0. The van der Waals surface area contributed by atoms with E-state index in [-0.39, 0.29) is 29.9 Å². The van der Waals surface area contributed by atoms with Crippen molar-refractivity contribution < 1.29 is 18.7 Å². The van der Waals surface area contributed by atoms with Gasteiger partial charge in [0.15, 0.2) is 0 Å². The Kier molecular flexibility index (Phi) is 6.93. The van der Waals surface area contributed by atoms with E-state index >= 15 is 0 Å². The Balaban J connectivity index is 1.33. The smallest absolute Gasteiger partial charge is 0.231 e. The quantitative estimate of drug-likeness (QED) is 0.601. The fourth-order valence-corrected chi connectivity index (χ4v) is 5.07. The molecule has 1 aromatic carbocycles. The van der Waals surface area contributed by atoms with Gasteiger partial charge in [-0.3, -0.25) is 9.78 Å². The minimum atomic E-state index is -0.290. The number of benzene rings is 1. The number of carbonyl (C=O) groups excluding carboxylic acids is 1. The van der Waals surface area contributed by atoms with E-state index < -0.39 is 0 Å². The first-order chi connectivity index (χ1) is 16.0. The normalized spacial score (nSPS) is 24.4. The van der Waals surface area contributed by atoms with Crippen LogP contribution in [0.2, 0.25) is 0 Å². The van der Waals surface area contributed by atoms with Gasteiger partial charge in [0.25, 0.3) is 0 Å². The summed E-state index contributed by atoms with van der Waals surface area (Å²) < 4.78 is 23.3. The SMILES string of the molecule is COc1cnc(CNC(=O)C23CCC(c4ccc(OCC(=CF)CN)cc4)(CC2)CC3)cn1. The van der Waals surface area contributed by atoms with Crippen LogP contribution in [0, 0.1) is 5.41 Å². The van der Waals surface area contributed by atoms with Gasteiger partial charge in [0.2, 0.25) is 11.8 Å². The van der Waals surface area contributed by atoms with E-state index in [0.29, 0.717) is 35.8 Å². The molecule has 2 bridgehead atoms. The predicted octanol–water partition coefficient (Wildman–Crippen LogP) is 3.58. The molecule has 3 saturated carbocycles. The molecule has 3 fully saturated rings. The summed E-state index contributed by atoms with van der Waals surface area (Å²) in [4.78, 5) is 21.5. The average molecular weight is 455 g/mol. The number of ether oxygens (including phenoxy) is 2. The first-order valence-electron chi connectivity index (χ1n) is 11.4. The van der Waals surface area contributed by atoms with Gasteiger partial charge in [-0.15, -0.1) is 0 Å². The fourth-order valence-electron chi connectivity index (χ4n) is 5.07. The fraction of sp³-hybridized carbons (Fsp3) is 0.480. The summed E-state index contributed by atoms with van der Waals surface area (Å²) in [5.74, 6) is 1.27. The summed E-state index contributed by atoms with van der Waals surface area (Å²) in [6.45, 7) is 0.658. The van der Waals surface area contributed by atoms with E-state index in [1.807, 2.05) is 12.1 Å². The highest BCUT2D eigenvalue weighted by Crippen LogP contribution is 2.57. The Morgan fingerprint density at radius 2 is 1.82 bits per heavy atom. The zero-order chi connectivity index (χ0) is 23.3. The van der Waals surface area contributed by atoms with Crippen molar-refractivity contribution in [3.63, 3.8) is 0 Å². The lowest BCUT2D eigenvalue weighted by Gasteiger charge is -2.52. The lowest BCUT2D eigenvalue weighted by Crippen LogP contribution is -2.51. The highest BCUT2D eigenvalue weighted by molar-refractivity contribution is 5.83. The van der Waals surface area contributed by atoms with Crippen LogP contribution in [-0.2, 0) is 16.8 Å². The van der Waals surface area contributed by atoms with Gasteiger partial charge in [-0.05, 0) is 61.6 Å². The van der Waals surface area contributed by atoms with Crippen LogP contribution in [0.3, 0.4) is 0 Å². The summed E-state index contributed by atoms with van der Waals surface area (Å²) in [5, 5.41) is 3.08. The van der Waals surface area contributed by atoms with E-state index in [4.69, 9.17) is 15.2 Å². The Morgan fingerprint density at radius 1 is 1.12 bits per heavy atom. The number of halogens is 1. The third-order valence-electron chi connectivity index (χ3n) is 7.36. The molecule has 3 aliphatic carbocycles. The van der Waals surface area contributed by atoms with Crippen molar-refractivity contribution in [2.24, 2.45) is 11.1 Å². The van der Waals surface area contributed by atoms with Crippen molar-refractivity contribution in [3.8, 4) is 11.6 Å². The largest absolute Gasteiger partial charge is 0.489 e. The van der Waals surface area contributed by atoms with E-state index in [1.165, 1.54) is 5.56 Å². The first kappa shape index (κ1) is 23.2. The van der Waals surface area contributed by atoms with Crippen LogP contribution in [0.25, 0.3) is 0 Å². The van der Waals surface area contributed by atoms with E-state index in [2.05, 4.69) is 27.4 Å². The van der Waals surface area contributed by atoms with Crippen molar-refractivity contribution in [2.45, 2.75) is 50.5 Å². The van der Waals surface area contributed by atoms with Crippen molar-refractivity contribution in [1.29, 1.82) is 0 Å². The topological polar surface area (TPSA) is 99.4 Å². The molecule has 1 amide bonds. The van der Waals surface area contributed by atoms with Crippen molar-refractivity contribution >= 4 is 5.91 Å². The maximum atomic E-state index is 13.1. The number of rotatable bonds is 9. The lowest BCUT2D eigenvalue weighted by atomic mass is 9.51. The van der Waals surface area contributed by atoms with Gasteiger partial charge in [0.05, 0.1) is 38.1 Å². The van der Waals surface area contributed by atoms with Gasteiger partial charge in [-0.2, -0.15) is 0 Å². The number of hydrogen-bond acceptors (Lipinski definition) is 6. The predicted molar refractivity (Wildman–Crippen MR) is 122 cm³/mol. The number of aromatic nitrogens is 2. The number of fused-ring (bicyclic) bond motifs is 3. The van der Waals surface area contributed by atoms with Crippen LogP contribution in [-0.4, -0.2) is 36.1 Å². The van der Waals surface area contributed by atoms with Gasteiger partial charge in [0, 0.05) is 17.5 Å². The minimum Gasteiger partial charge on any atom is -0.489 e. The molecule has 33 heavy (non-hydrogen) atoms. The summed E-state index contributed by atoms with van der Waals surface area (Å²) in [6.07, 6.45) is 9.30. The Morgan fingerprint density at radius 3 is 2.36 bits per heavy atom. The average Bonchev–Trinajstić information content (AvgIpc) is 2.89. The van der Waals surface area contributed by atoms with Crippen LogP contribution < -0.4 is 20.5 Å². The number of nitrogens with two attached hydrogens (primary N) is 1. The van der Waals surface area contributed by atoms with Crippen LogP contribution in [0.1, 0.15) is 49.8 Å². The van der Waals surface area contributed by atoms with E-state index in [0.717, 1.165) is 38.5 Å². The molecule has 0 saturated heterocycles. The minimum absolute atomic E-state index is 0.114. The maximum absolute atomic E-state index is 13.1. The third kappa shape index (κ3) is 4.85. The molecule has 0 unspecified atom stereocenters. The molecule has 0 aliphatic heterocycles. The van der Waals surface area contributed by atoms with Crippen LogP contribution in [0.15, 0.2) is 48.6 Å². The summed E-state index contributed by atoms with van der Waals surface area (Å²) in [5.41, 5.74) is 7.72. The summed E-state index contributed by atoms with van der Waals surface area (Å²) in [6, 6.07) is 8.10. The molecule has 0 atom stereocenters. The standard InChI is InChI=1S/C25H31FN4O3/c1-32-22-16-28-20(14-29-22)15-30-23(31)25-9-6-24(7-10-25,8-11-25)19-2-4-21(5-3-19)33-17-18(12-26)13-27/h2-5,12,14,16H,6-11,13,15,17,27H2,1H3,(H,30,31). The van der Waals surface area contributed by atoms with Gasteiger partial charge < -0.3 is 20.5 Å². The first-order valence-corrected chi connectivity index (χ1v) is 11.4. The van der Waals surface area contributed by atoms with Crippen LogP contribution in [0.5, 0.6) is 11.6 Å². The summed E-state index contributed by atoms with van der Waals surface area (Å²) in [7, 11) is 1.55. The molecule has 5 rings (SSSR count). The van der Waals surface area contributed by atoms with Crippen molar-refractivity contribution in [2.75, 3.05) is 20.3 Å². The highest BCUT2D eigenvalue weighted by atomic mass is 19.1. The zero-order valence-electron chi connectivity index (χ0n) is 19.0. The van der Waals surface area contributed by atoms with E-state index in [1.54, 1.807) is 19.5 Å². The molecule has 1 aromatic heterocycles. The molecule has 3 aliphatic rings. The highest BCUT2D eigenvalue weighted by Gasteiger charge is 2.52. The maximum Gasteiger partial charge on any atom is 0.231 e. The van der Waals surface area contributed by atoms with Gasteiger partial charge >= 0.3 is 0 Å². The number of methoxy groups -OCH3 is 1. The number of amides is 1. The lowest BCUT2D eigenvalue weighted by molar-refractivity contribution is -0.138. The van der Waals surface area contributed by atoms with Crippen molar-refractivity contribution in [1.82, 2.24) is 15.3 Å². The van der Waals surface area contributed by atoms with Crippen LogP contribution in [0.4, 0.5) is 4.39 Å². The molecule has 2 aromatic rings. The molecule has 3 N–H and O–H groups in total. The number of nitrogens with one attached hydrogen (secondary N) is 1. The monoisotopic (exact) mass is 454 g/mol. The molecule has 8 heteroatoms. The third-order valence-corrected chi connectivity index (χ3v) is 7.36. The van der Waals surface area contributed by atoms with Crippen molar-refractivity contribution in [3.05, 3.63) is 59.8 Å². The Bertz CT molecular complexity index is 967. The van der Waals surface area contributed by atoms with Gasteiger partial charge in [0.1, 0.15) is 12.4 Å². The molecule has 0 radical (unpaired) electrons. The second-order valence-electron chi connectivity index (χ2n) is 9.08. The van der Waals surface area contributed by atoms with Gasteiger partial charge in [-0.1, -0.05) is 12.1 Å². The molecule has 0 spiro atoms. The molecular weight excluding hydrogens is 423 g/mol. The zero-order valence-corrected chi connectivity index (χ0v) is 19.0. The van der Waals surface area contributed by atoms with Crippen LogP contribution >= 0.6 is 0 Å². The Labute approximate surface area is 193 Å². The van der Waals surface area contributed by atoms with E-state index in [9.17, 15) is 9.18 Å².